The Bertz CT molecular complexity index is 342. The van der Waals surface area contributed by atoms with Crippen LogP contribution in [0, 0.1) is 5.92 Å². The molecule has 1 aromatic rings. The molecule has 0 aliphatic carbocycles. The van der Waals surface area contributed by atoms with Crippen molar-refractivity contribution in [2.75, 3.05) is 7.11 Å². The Morgan fingerprint density at radius 3 is 2.44 bits per heavy atom. The number of aliphatic hydroxyl groups excluding tert-OH is 1. The van der Waals surface area contributed by atoms with Crippen molar-refractivity contribution in [2.45, 2.75) is 58.7 Å². The highest BCUT2D eigenvalue weighted by Gasteiger charge is 2.28. The molecule has 1 heterocycles. The number of ether oxygens (including phenoxy) is 1. The molecule has 0 aliphatic rings. The minimum atomic E-state index is -0.509. The van der Waals surface area contributed by atoms with Gasteiger partial charge < -0.3 is 14.4 Å². The first-order valence-corrected chi connectivity index (χ1v) is 6.55. The van der Waals surface area contributed by atoms with Gasteiger partial charge >= 0.3 is 0 Å². The summed E-state index contributed by atoms with van der Waals surface area (Å²) in [6.07, 6.45) is 1.21. The fourth-order valence-corrected chi connectivity index (χ4v) is 2.18. The van der Waals surface area contributed by atoms with Crippen molar-refractivity contribution in [3.05, 3.63) is 11.7 Å². The van der Waals surface area contributed by atoms with Crippen molar-refractivity contribution >= 4 is 0 Å². The number of hydrogen-bond acceptors (Lipinski definition) is 5. The summed E-state index contributed by atoms with van der Waals surface area (Å²) in [5.74, 6) is 1.17. The molecule has 0 spiro atoms. The van der Waals surface area contributed by atoms with Gasteiger partial charge in [0.1, 0.15) is 6.10 Å². The maximum atomic E-state index is 9.79. The average molecular weight is 256 g/mol. The third-order valence-electron chi connectivity index (χ3n) is 3.10. The van der Waals surface area contributed by atoms with E-state index in [9.17, 15) is 5.11 Å². The lowest BCUT2D eigenvalue weighted by molar-refractivity contribution is 0.0853. The first-order valence-electron chi connectivity index (χ1n) is 6.55. The minimum Gasteiger partial charge on any atom is -0.393 e. The lowest BCUT2D eigenvalue weighted by Crippen LogP contribution is -2.20. The van der Waals surface area contributed by atoms with Crippen molar-refractivity contribution in [2.24, 2.45) is 5.92 Å². The fourth-order valence-electron chi connectivity index (χ4n) is 2.18. The van der Waals surface area contributed by atoms with Gasteiger partial charge in [0.15, 0.2) is 0 Å². The molecule has 3 unspecified atom stereocenters. The van der Waals surface area contributed by atoms with Crippen molar-refractivity contribution < 1.29 is 14.4 Å². The van der Waals surface area contributed by atoms with Crippen LogP contribution in [0.15, 0.2) is 4.52 Å². The van der Waals surface area contributed by atoms with Crippen LogP contribution in [0.25, 0.3) is 0 Å². The number of nitrogens with zero attached hydrogens (tertiary/aromatic N) is 2. The highest BCUT2D eigenvalue weighted by molar-refractivity contribution is 5.00. The van der Waals surface area contributed by atoms with E-state index in [1.807, 2.05) is 13.8 Å². The van der Waals surface area contributed by atoms with E-state index in [2.05, 4.69) is 17.1 Å². The Hall–Kier alpha value is -0.940. The molecule has 0 radical (unpaired) electrons. The van der Waals surface area contributed by atoms with Crippen LogP contribution in [0.1, 0.15) is 64.3 Å². The fraction of sp³-hybridized carbons (Fsp3) is 0.846. The minimum absolute atomic E-state index is 0.130. The lowest BCUT2D eigenvalue weighted by Gasteiger charge is -2.19. The molecule has 1 aromatic heterocycles. The van der Waals surface area contributed by atoms with E-state index in [-0.39, 0.29) is 17.9 Å². The summed E-state index contributed by atoms with van der Waals surface area (Å²) < 4.78 is 10.6. The topological polar surface area (TPSA) is 68.4 Å². The summed E-state index contributed by atoms with van der Waals surface area (Å²) in [6.45, 7) is 7.89. The summed E-state index contributed by atoms with van der Waals surface area (Å²) in [4.78, 5) is 4.38. The van der Waals surface area contributed by atoms with Crippen LogP contribution in [0.2, 0.25) is 0 Å². The second kappa shape index (κ2) is 6.85. The molecule has 0 saturated heterocycles. The molecule has 0 bridgehead atoms. The first-order chi connectivity index (χ1) is 8.51. The summed E-state index contributed by atoms with van der Waals surface area (Å²) in [5.41, 5.74) is 0. The van der Waals surface area contributed by atoms with Crippen LogP contribution in [-0.2, 0) is 4.74 Å². The molecule has 0 saturated carbocycles. The Morgan fingerprint density at radius 2 is 2.00 bits per heavy atom. The largest absolute Gasteiger partial charge is 0.393 e. The van der Waals surface area contributed by atoms with E-state index in [1.54, 1.807) is 14.0 Å². The summed E-state index contributed by atoms with van der Waals surface area (Å²) in [6, 6.07) is 0. The number of rotatable bonds is 7. The van der Waals surface area contributed by atoms with Gasteiger partial charge in [-0.1, -0.05) is 32.3 Å². The molecule has 5 nitrogen and oxygen atoms in total. The van der Waals surface area contributed by atoms with Gasteiger partial charge in [0, 0.05) is 7.11 Å². The van der Waals surface area contributed by atoms with Crippen LogP contribution in [0.5, 0.6) is 0 Å². The molecule has 104 valence electrons. The van der Waals surface area contributed by atoms with E-state index in [4.69, 9.17) is 9.26 Å². The van der Waals surface area contributed by atoms with Crippen LogP contribution < -0.4 is 0 Å². The Balaban J connectivity index is 2.89. The van der Waals surface area contributed by atoms with Gasteiger partial charge in [-0.05, 0) is 19.3 Å². The summed E-state index contributed by atoms with van der Waals surface area (Å²) >= 11 is 0. The molecule has 1 N–H and O–H groups in total. The average Bonchev–Trinajstić information content (AvgIpc) is 2.73. The van der Waals surface area contributed by atoms with Crippen molar-refractivity contribution in [3.8, 4) is 0 Å². The third kappa shape index (κ3) is 3.53. The Labute approximate surface area is 109 Å². The maximum absolute atomic E-state index is 9.79. The van der Waals surface area contributed by atoms with Crippen LogP contribution in [0.3, 0.4) is 0 Å². The maximum Gasteiger partial charge on any atom is 0.232 e. The Morgan fingerprint density at radius 1 is 1.33 bits per heavy atom. The number of methoxy groups -OCH3 is 1. The van der Waals surface area contributed by atoms with Crippen molar-refractivity contribution in [1.82, 2.24) is 10.1 Å². The predicted octanol–water partition coefficient (Wildman–Crippen LogP) is 2.68. The normalized spacial score (nSPS) is 16.8. The predicted molar refractivity (Wildman–Crippen MR) is 68.2 cm³/mol. The molecule has 0 fully saturated rings. The van der Waals surface area contributed by atoms with Gasteiger partial charge in [-0.2, -0.15) is 4.98 Å². The first kappa shape index (κ1) is 15.1. The third-order valence-corrected chi connectivity index (χ3v) is 3.10. The molecular weight excluding hydrogens is 232 g/mol. The van der Waals surface area contributed by atoms with E-state index in [0.717, 1.165) is 12.8 Å². The standard InChI is InChI=1S/C13H24N2O3/c1-6-7-10(17-5)12-14-13(18-15-12)11(8(2)3)9(4)16/h8-11,16H,6-7H2,1-5H3. The van der Waals surface area contributed by atoms with Gasteiger partial charge in [0.2, 0.25) is 11.7 Å². The molecule has 5 heteroatoms. The smallest absolute Gasteiger partial charge is 0.232 e. The zero-order valence-electron chi connectivity index (χ0n) is 11.9. The van der Waals surface area contributed by atoms with E-state index in [0.29, 0.717) is 11.7 Å². The van der Waals surface area contributed by atoms with Crippen LogP contribution >= 0.6 is 0 Å². The van der Waals surface area contributed by atoms with Crippen LogP contribution in [0.4, 0.5) is 0 Å². The molecule has 3 atom stereocenters. The van der Waals surface area contributed by atoms with Gasteiger partial charge in [0.25, 0.3) is 0 Å². The second-order valence-electron chi connectivity index (χ2n) is 5.01. The molecule has 0 aliphatic heterocycles. The molecule has 1 rings (SSSR count). The van der Waals surface area contributed by atoms with Gasteiger partial charge in [-0.15, -0.1) is 0 Å². The van der Waals surface area contributed by atoms with Crippen LogP contribution in [-0.4, -0.2) is 28.5 Å². The highest BCUT2D eigenvalue weighted by Crippen LogP contribution is 2.28. The van der Waals surface area contributed by atoms with E-state index < -0.39 is 6.10 Å². The number of hydrogen-bond donors (Lipinski definition) is 1. The number of aromatic nitrogens is 2. The lowest BCUT2D eigenvalue weighted by atomic mass is 9.91. The van der Waals surface area contributed by atoms with Gasteiger partial charge in [-0.3, -0.25) is 0 Å². The Kier molecular flexibility index (Phi) is 5.75. The quantitative estimate of drug-likeness (QED) is 0.812. The zero-order chi connectivity index (χ0) is 13.7. The highest BCUT2D eigenvalue weighted by atomic mass is 16.5. The SMILES string of the molecule is CCCC(OC)c1noc(C(C(C)C)C(C)O)n1. The second-order valence-corrected chi connectivity index (χ2v) is 5.01. The zero-order valence-corrected chi connectivity index (χ0v) is 11.9. The summed E-state index contributed by atoms with van der Waals surface area (Å²) in [7, 11) is 1.64. The molecule has 0 aromatic carbocycles. The van der Waals surface area contributed by atoms with Crippen molar-refractivity contribution in [3.63, 3.8) is 0 Å². The van der Waals surface area contributed by atoms with Gasteiger partial charge in [0.05, 0.1) is 12.0 Å². The monoisotopic (exact) mass is 256 g/mol. The molecule has 18 heavy (non-hydrogen) atoms. The molecule has 0 amide bonds. The summed E-state index contributed by atoms with van der Waals surface area (Å²) in [5, 5.41) is 13.8. The van der Waals surface area contributed by atoms with E-state index >= 15 is 0 Å². The van der Waals surface area contributed by atoms with E-state index in [1.165, 1.54) is 0 Å². The van der Waals surface area contributed by atoms with Gasteiger partial charge in [-0.25, -0.2) is 0 Å². The number of aliphatic hydroxyl groups is 1. The molecular formula is C13H24N2O3. The van der Waals surface area contributed by atoms with Crippen molar-refractivity contribution in [1.29, 1.82) is 0 Å².